The number of nitrogens with zero attached hydrogens (tertiary/aromatic N) is 2. The third-order valence-electron chi connectivity index (χ3n) is 4.82. The van der Waals surface area contributed by atoms with Crippen LogP contribution < -0.4 is 0 Å². The van der Waals surface area contributed by atoms with Crippen LogP contribution in [0.2, 0.25) is 0 Å². The molecule has 1 unspecified atom stereocenters. The van der Waals surface area contributed by atoms with Gasteiger partial charge in [-0.1, -0.05) is 6.07 Å². The van der Waals surface area contributed by atoms with Crippen LogP contribution in [0.25, 0.3) is 0 Å². The van der Waals surface area contributed by atoms with E-state index in [0.29, 0.717) is 12.0 Å². The van der Waals surface area contributed by atoms with Gasteiger partial charge in [-0.15, -0.1) is 0 Å². The fourth-order valence-corrected chi connectivity index (χ4v) is 3.11. The molecule has 0 bridgehead atoms. The lowest BCUT2D eigenvalue weighted by Gasteiger charge is -2.32. The summed E-state index contributed by atoms with van der Waals surface area (Å²) in [5, 5.41) is 0. The molecular formula is C16H21F3N2O. The molecule has 0 aromatic carbocycles. The molecule has 1 atom stereocenters. The molecule has 22 heavy (non-hydrogen) atoms. The second-order valence-corrected chi connectivity index (χ2v) is 6.39. The standard InChI is InChI=1S/C16H21F3N2O/c17-16(18,19)14(13-3-1-2-8-20-13)22-12-11-21-9-6-15(4-5-15)7-10-21/h1-3,8,14H,4-7,9-12H2. The van der Waals surface area contributed by atoms with Gasteiger partial charge in [0.25, 0.3) is 0 Å². The van der Waals surface area contributed by atoms with Crippen molar-refractivity contribution in [2.24, 2.45) is 5.41 Å². The van der Waals surface area contributed by atoms with Crippen molar-refractivity contribution in [1.29, 1.82) is 0 Å². The van der Waals surface area contributed by atoms with E-state index in [-0.39, 0.29) is 12.3 Å². The maximum Gasteiger partial charge on any atom is 0.420 e. The van der Waals surface area contributed by atoms with Crippen molar-refractivity contribution < 1.29 is 17.9 Å². The van der Waals surface area contributed by atoms with Crippen LogP contribution in [0, 0.1) is 5.41 Å². The van der Waals surface area contributed by atoms with Crippen LogP contribution in [0.4, 0.5) is 13.2 Å². The lowest BCUT2D eigenvalue weighted by Crippen LogP contribution is -2.37. The van der Waals surface area contributed by atoms with Gasteiger partial charge in [-0.05, 0) is 56.3 Å². The number of aromatic nitrogens is 1. The maximum atomic E-state index is 13.1. The molecule has 2 heterocycles. The number of likely N-dealkylation sites (tertiary alicyclic amines) is 1. The molecule has 1 saturated heterocycles. The van der Waals surface area contributed by atoms with Crippen LogP contribution in [-0.2, 0) is 4.74 Å². The average Bonchev–Trinajstić information content (AvgIpc) is 3.25. The molecular weight excluding hydrogens is 293 g/mol. The summed E-state index contributed by atoms with van der Waals surface area (Å²) in [7, 11) is 0. The minimum absolute atomic E-state index is 0.0771. The molecule has 0 N–H and O–H groups in total. The van der Waals surface area contributed by atoms with E-state index in [9.17, 15) is 13.2 Å². The molecule has 1 aromatic heterocycles. The Hall–Kier alpha value is -1.14. The first-order valence-corrected chi connectivity index (χ1v) is 7.80. The Labute approximate surface area is 128 Å². The van der Waals surface area contributed by atoms with Crippen molar-refractivity contribution in [1.82, 2.24) is 9.88 Å². The number of pyridine rings is 1. The Morgan fingerprint density at radius 3 is 2.45 bits per heavy atom. The fourth-order valence-electron chi connectivity index (χ4n) is 3.11. The van der Waals surface area contributed by atoms with Crippen LogP contribution in [-0.4, -0.2) is 42.3 Å². The van der Waals surface area contributed by atoms with E-state index in [1.807, 2.05) is 0 Å². The van der Waals surface area contributed by atoms with Crippen molar-refractivity contribution in [3.8, 4) is 0 Å². The minimum Gasteiger partial charge on any atom is -0.361 e. The summed E-state index contributed by atoms with van der Waals surface area (Å²) < 4.78 is 44.4. The van der Waals surface area contributed by atoms with Crippen molar-refractivity contribution in [3.05, 3.63) is 30.1 Å². The first-order chi connectivity index (χ1) is 10.5. The average molecular weight is 314 g/mol. The van der Waals surface area contributed by atoms with Gasteiger partial charge in [-0.25, -0.2) is 0 Å². The van der Waals surface area contributed by atoms with E-state index in [1.54, 1.807) is 12.1 Å². The van der Waals surface area contributed by atoms with Crippen LogP contribution in [0.3, 0.4) is 0 Å². The molecule has 1 spiro atoms. The van der Waals surface area contributed by atoms with Gasteiger partial charge >= 0.3 is 6.18 Å². The van der Waals surface area contributed by atoms with E-state index in [4.69, 9.17) is 4.74 Å². The van der Waals surface area contributed by atoms with Crippen molar-refractivity contribution in [3.63, 3.8) is 0 Å². The van der Waals surface area contributed by atoms with Gasteiger partial charge in [-0.3, -0.25) is 4.98 Å². The lowest BCUT2D eigenvalue weighted by atomic mass is 9.94. The number of piperidine rings is 1. The SMILES string of the molecule is FC(F)(F)C(OCCN1CCC2(CC1)CC2)c1ccccn1. The zero-order valence-electron chi connectivity index (χ0n) is 12.5. The van der Waals surface area contributed by atoms with E-state index in [0.717, 1.165) is 13.1 Å². The highest BCUT2D eigenvalue weighted by molar-refractivity contribution is 5.08. The van der Waals surface area contributed by atoms with Crippen LogP contribution in [0.15, 0.2) is 24.4 Å². The molecule has 0 amide bonds. The summed E-state index contributed by atoms with van der Waals surface area (Å²) in [5.41, 5.74) is 0.505. The van der Waals surface area contributed by atoms with Gasteiger partial charge in [0.05, 0.1) is 12.3 Å². The van der Waals surface area contributed by atoms with Crippen LogP contribution >= 0.6 is 0 Å². The highest BCUT2D eigenvalue weighted by Gasteiger charge is 2.45. The Morgan fingerprint density at radius 2 is 1.91 bits per heavy atom. The minimum atomic E-state index is -4.44. The second-order valence-electron chi connectivity index (χ2n) is 6.39. The van der Waals surface area contributed by atoms with Gasteiger partial charge in [0.15, 0.2) is 6.10 Å². The van der Waals surface area contributed by atoms with Gasteiger partial charge in [0.2, 0.25) is 0 Å². The predicted octanol–water partition coefficient (Wildman–Crippen LogP) is 3.58. The molecule has 1 saturated carbocycles. The number of hydrogen-bond donors (Lipinski definition) is 0. The molecule has 6 heteroatoms. The molecule has 2 fully saturated rings. The monoisotopic (exact) mass is 314 g/mol. The van der Waals surface area contributed by atoms with Gasteiger partial charge in [0.1, 0.15) is 0 Å². The van der Waals surface area contributed by atoms with E-state index < -0.39 is 12.3 Å². The Kier molecular flexibility index (Phi) is 4.41. The third kappa shape index (κ3) is 3.79. The van der Waals surface area contributed by atoms with E-state index in [1.165, 1.54) is 37.9 Å². The highest BCUT2D eigenvalue weighted by Crippen LogP contribution is 2.53. The largest absolute Gasteiger partial charge is 0.420 e. The molecule has 3 nitrogen and oxygen atoms in total. The number of halogens is 3. The number of alkyl halides is 3. The first-order valence-electron chi connectivity index (χ1n) is 7.80. The second kappa shape index (κ2) is 6.16. The van der Waals surface area contributed by atoms with E-state index in [2.05, 4.69) is 9.88 Å². The van der Waals surface area contributed by atoms with Crippen molar-refractivity contribution in [2.45, 2.75) is 38.0 Å². The molecule has 1 aromatic rings. The summed E-state index contributed by atoms with van der Waals surface area (Å²) in [4.78, 5) is 5.98. The number of rotatable bonds is 5. The first kappa shape index (κ1) is 15.7. The van der Waals surface area contributed by atoms with Crippen molar-refractivity contribution >= 4 is 0 Å². The molecule has 1 aliphatic carbocycles. The van der Waals surface area contributed by atoms with Crippen molar-refractivity contribution in [2.75, 3.05) is 26.2 Å². The fraction of sp³-hybridized carbons (Fsp3) is 0.688. The maximum absolute atomic E-state index is 13.1. The third-order valence-corrected chi connectivity index (χ3v) is 4.82. The van der Waals surface area contributed by atoms with Gasteiger partial charge in [-0.2, -0.15) is 13.2 Å². The van der Waals surface area contributed by atoms with Gasteiger partial charge < -0.3 is 9.64 Å². The summed E-state index contributed by atoms with van der Waals surface area (Å²) in [6, 6.07) is 4.50. The summed E-state index contributed by atoms with van der Waals surface area (Å²) in [5.74, 6) is 0. The molecule has 1 aliphatic heterocycles. The summed E-state index contributed by atoms with van der Waals surface area (Å²) in [6.07, 6.45) is -0.00853. The molecule has 3 rings (SSSR count). The highest BCUT2D eigenvalue weighted by atomic mass is 19.4. The molecule has 122 valence electrons. The molecule has 2 aliphatic rings. The van der Waals surface area contributed by atoms with Crippen LogP contribution in [0.1, 0.15) is 37.5 Å². The smallest absolute Gasteiger partial charge is 0.361 e. The summed E-state index contributed by atoms with van der Waals surface area (Å²) >= 11 is 0. The molecule has 0 radical (unpaired) electrons. The topological polar surface area (TPSA) is 25.4 Å². The Bertz CT molecular complexity index is 478. The lowest BCUT2D eigenvalue weighted by molar-refractivity contribution is -0.225. The number of ether oxygens (including phenoxy) is 1. The van der Waals surface area contributed by atoms with Crippen LogP contribution in [0.5, 0.6) is 0 Å². The quantitative estimate of drug-likeness (QED) is 0.831. The normalized spacial score (nSPS) is 22.7. The number of hydrogen-bond acceptors (Lipinski definition) is 3. The van der Waals surface area contributed by atoms with Gasteiger partial charge in [0, 0.05) is 12.7 Å². The zero-order valence-corrected chi connectivity index (χ0v) is 12.5. The zero-order chi connectivity index (χ0) is 15.6. The summed E-state index contributed by atoms with van der Waals surface area (Å²) in [6.45, 7) is 2.58. The Balaban J connectivity index is 1.49. The Morgan fingerprint density at radius 1 is 1.18 bits per heavy atom. The predicted molar refractivity (Wildman–Crippen MR) is 76.3 cm³/mol. The van der Waals surface area contributed by atoms with E-state index >= 15 is 0 Å².